The van der Waals surface area contributed by atoms with Crippen molar-refractivity contribution in [3.05, 3.63) is 165 Å². The van der Waals surface area contributed by atoms with Crippen LogP contribution in [-0.4, -0.2) is 34.5 Å². The maximum atomic E-state index is 5.18. The number of hydrogen-bond donors (Lipinski definition) is 0. The van der Waals surface area contributed by atoms with Crippen LogP contribution in [0.1, 0.15) is 0 Å². The molecule has 0 saturated carbocycles. The summed E-state index contributed by atoms with van der Waals surface area (Å²) in [5.41, 5.74) is 11.3. The van der Waals surface area contributed by atoms with Gasteiger partial charge in [-0.2, -0.15) is 0 Å². The van der Waals surface area contributed by atoms with E-state index >= 15 is 0 Å². The highest BCUT2D eigenvalue weighted by Gasteiger charge is 2.15. The summed E-state index contributed by atoms with van der Waals surface area (Å²) in [6.45, 7) is 0. The first kappa shape index (κ1) is 28.4. The van der Waals surface area contributed by atoms with Gasteiger partial charge in [0.15, 0.2) is 0 Å². The molecule has 0 atom stereocenters. The second-order valence-electron chi connectivity index (χ2n) is 11.7. The van der Waals surface area contributed by atoms with Crippen LogP contribution in [0.5, 0.6) is 0 Å². The van der Waals surface area contributed by atoms with Crippen LogP contribution in [0.15, 0.2) is 165 Å². The summed E-state index contributed by atoms with van der Waals surface area (Å²) in [5.74, 6) is 0.827. The maximum absolute atomic E-state index is 5.18. The maximum Gasteiger partial charge on any atom is 0.137 e. The quantitative estimate of drug-likeness (QED) is 0.182. The van der Waals surface area contributed by atoms with Crippen LogP contribution >= 0.6 is 0 Å². The first-order valence-corrected chi connectivity index (χ1v) is 16.0. The Kier molecular flexibility index (Phi) is 6.98. The van der Waals surface area contributed by atoms with Crippen molar-refractivity contribution in [1.82, 2.24) is 34.5 Å². The lowest BCUT2D eigenvalue weighted by Gasteiger charge is -2.13. The van der Waals surface area contributed by atoms with Crippen LogP contribution in [0.2, 0.25) is 0 Å². The molecule has 49 heavy (non-hydrogen) atoms. The van der Waals surface area contributed by atoms with E-state index in [1.165, 1.54) is 5.39 Å². The van der Waals surface area contributed by atoms with Gasteiger partial charge >= 0.3 is 0 Å². The van der Waals surface area contributed by atoms with Crippen LogP contribution in [0.25, 0.3) is 83.8 Å². The van der Waals surface area contributed by atoms with E-state index < -0.39 is 0 Å². The Morgan fingerprint density at radius 2 is 1.04 bits per heavy atom. The summed E-state index contributed by atoms with van der Waals surface area (Å²) in [4.78, 5) is 28.3. The van der Waals surface area contributed by atoms with Crippen LogP contribution in [0, 0.1) is 0 Å². The summed E-state index contributed by atoms with van der Waals surface area (Å²) in [6, 6.07) is 41.1. The summed E-state index contributed by atoms with van der Waals surface area (Å²) in [7, 11) is 0. The average molecular weight is 630 g/mol. The Balaban J connectivity index is 1.20. The molecule has 7 aromatic heterocycles. The Hall–Kier alpha value is -6.86. The molecule has 7 heteroatoms. The van der Waals surface area contributed by atoms with Gasteiger partial charge in [0.2, 0.25) is 0 Å². The smallest absolute Gasteiger partial charge is 0.137 e. The van der Waals surface area contributed by atoms with E-state index in [-0.39, 0.29) is 0 Å². The Morgan fingerprint density at radius 1 is 0.367 bits per heavy atom. The number of hydrogen-bond acceptors (Lipinski definition) is 6. The van der Waals surface area contributed by atoms with Gasteiger partial charge in [-0.15, -0.1) is 0 Å². The molecule has 7 heterocycles. The summed E-state index contributed by atoms with van der Waals surface area (Å²) in [6.07, 6.45) is 12.9. The first-order chi connectivity index (χ1) is 24.3. The molecule has 2 aromatic carbocycles. The fraction of sp³-hybridized carbons (Fsp3) is 0. The van der Waals surface area contributed by atoms with E-state index in [0.29, 0.717) is 0 Å². The van der Waals surface area contributed by atoms with E-state index in [2.05, 4.69) is 97.3 Å². The second kappa shape index (κ2) is 12.1. The Morgan fingerprint density at radius 3 is 1.71 bits per heavy atom. The monoisotopic (exact) mass is 629 g/mol. The van der Waals surface area contributed by atoms with Gasteiger partial charge in [-0.25, -0.2) is 9.97 Å². The lowest BCUT2D eigenvalue weighted by molar-refractivity contribution is 1.08. The zero-order chi connectivity index (χ0) is 32.6. The predicted molar refractivity (Wildman–Crippen MR) is 195 cm³/mol. The fourth-order valence-electron chi connectivity index (χ4n) is 6.40. The molecule has 0 unspecified atom stereocenters. The van der Waals surface area contributed by atoms with Crippen molar-refractivity contribution in [3.8, 4) is 62.0 Å². The molecular weight excluding hydrogens is 603 g/mol. The molecule has 0 spiro atoms. The highest BCUT2D eigenvalue weighted by molar-refractivity contribution is 6.08. The number of pyridine rings is 6. The lowest BCUT2D eigenvalue weighted by Crippen LogP contribution is -1.98. The van der Waals surface area contributed by atoms with Gasteiger partial charge < -0.3 is 0 Å². The molecule has 0 N–H and O–H groups in total. The summed E-state index contributed by atoms with van der Waals surface area (Å²) in [5, 5.41) is 2.32. The molecule has 0 saturated heterocycles. The SMILES string of the molecule is c1ccc(-c2cc(-c3ccccn3)cc(-c3cc(-c4ccc(-n5c6ccccc6c6ccncc65)nc4)cc(-c4cccnc4)n3)c2)nc1. The third kappa shape index (κ3) is 5.29. The number of nitrogens with zero attached hydrogens (tertiary/aromatic N) is 7. The molecule has 0 amide bonds. The third-order valence-electron chi connectivity index (χ3n) is 8.72. The molecule has 0 aliphatic rings. The predicted octanol–water partition coefficient (Wildman–Crippen LogP) is 9.49. The van der Waals surface area contributed by atoms with Crippen LogP contribution in [0.3, 0.4) is 0 Å². The molecule has 7 nitrogen and oxygen atoms in total. The number of aromatic nitrogens is 7. The molecule has 230 valence electrons. The highest BCUT2D eigenvalue weighted by Crippen LogP contribution is 2.35. The lowest BCUT2D eigenvalue weighted by atomic mass is 9.96. The van der Waals surface area contributed by atoms with Gasteiger partial charge in [0.25, 0.3) is 0 Å². The topological polar surface area (TPSA) is 82.3 Å². The molecule has 0 aliphatic carbocycles. The molecule has 0 aliphatic heterocycles. The van der Waals surface area contributed by atoms with E-state index in [0.717, 1.165) is 78.4 Å². The van der Waals surface area contributed by atoms with Crippen molar-refractivity contribution in [2.45, 2.75) is 0 Å². The van der Waals surface area contributed by atoms with Crippen molar-refractivity contribution in [3.63, 3.8) is 0 Å². The normalized spacial score (nSPS) is 11.3. The summed E-state index contributed by atoms with van der Waals surface area (Å²) >= 11 is 0. The number of rotatable bonds is 6. The van der Waals surface area contributed by atoms with E-state index in [9.17, 15) is 0 Å². The number of fused-ring (bicyclic) bond motifs is 3. The fourth-order valence-corrected chi connectivity index (χ4v) is 6.40. The molecule has 9 rings (SSSR count). The van der Waals surface area contributed by atoms with Crippen molar-refractivity contribution in [2.24, 2.45) is 0 Å². The van der Waals surface area contributed by atoms with E-state index in [4.69, 9.17) is 9.97 Å². The molecule has 0 radical (unpaired) electrons. The molecule has 0 bridgehead atoms. The standard InChI is InChI=1S/C42H27N7/c1-2-12-40-34(9-1)35-15-19-44-27-41(35)49(40)42-14-13-28(26-47-42)30-23-38(29-8-7-16-43-25-29)48-39(24-30)33-21-31(36-10-3-5-17-45-36)20-32(22-33)37-11-4-6-18-46-37/h1-27H. The molecule has 0 fully saturated rings. The Labute approximate surface area is 282 Å². The van der Waals surface area contributed by atoms with Gasteiger partial charge in [-0.05, 0) is 96.6 Å². The van der Waals surface area contributed by atoms with Crippen molar-refractivity contribution in [2.75, 3.05) is 0 Å². The molecule has 9 aromatic rings. The van der Waals surface area contributed by atoms with E-state index in [1.54, 1.807) is 6.20 Å². The van der Waals surface area contributed by atoms with Crippen molar-refractivity contribution < 1.29 is 0 Å². The van der Waals surface area contributed by atoms with Gasteiger partial charge in [0.1, 0.15) is 5.82 Å². The number of benzene rings is 2. The van der Waals surface area contributed by atoms with Crippen LogP contribution < -0.4 is 0 Å². The van der Waals surface area contributed by atoms with Crippen molar-refractivity contribution >= 4 is 21.8 Å². The largest absolute Gasteiger partial charge is 0.292 e. The van der Waals surface area contributed by atoms with Crippen LogP contribution in [-0.2, 0) is 0 Å². The van der Waals surface area contributed by atoms with E-state index in [1.807, 2.05) is 85.7 Å². The minimum Gasteiger partial charge on any atom is -0.292 e. The highest BCUT2D eigenvalue weighted by atomic mass is 15.1. The first-order valence-electron chi connectivity index (χ1n) is 16.0. The van der Waals surface area contributed by atoms with Gasteiger partial charge in [-0.1, -0.05) is 30.3 Å². The van der Waals surface area contributed by atoms with Crippen molar-refractivity contribution in [1.29, 1.82) is 0 Å². The molecular formula is C42H27N7. The second-order valence-corrected chi connectivity index (χ2v) is 11.7. The van der Waals surface area contributed by atoms with Gasteiger partial charge in [-0.3, -0.25) is 24.5 Å². The zero-order valence-corrected chi connectivity index (χ0v) is 26.2. The minimum absolute atomic E-state index is 0.820. The Bertz CT molecular complexity index is 2470. The third-order valence-corrected chi connectivity index (χ3v) is 8.72. The number of para-hydroxylation sites is 1. The van der Waals surface area contributed by atoms with Crippen LogP contribution in [0.4, 0.5) is 0 Å². The van der Waals surface area contributed by atoms with Gasteiger partial charge in [0.05, 0.1) is 40.0 Å². The average Bonchev–Trinajstić information content (AvgIpc) is 3.53. The zero-order valence-electron chi connectivity index (χ0n) is 26.2. The van der Waals surface area contributed by atoms with Gasteiger partial charge in [0, 0.05) is 75.8 Å². The minimum atomic E-state index is 0.820. The summed E-state index contributed by atoms with van der Waals surface area (Å²) < 4.78 is 2.17.